The first kappa shape index (κ1) is 15.9. The molecule has 0 saturated heterocycles. The highest BCUT2D eigenvalue weighted by Gasteiger charge is 2.24. The number of hydrogen-bond donors (Lipinski definition) is 2. The summed E-state index contributed by atoms with van der Waals surface area (Å²) in [6, 6.07) is -0.355. The molecule has 2 atom stereocenters. The molecule has 0 bridgehead atoms. The number of carbonyl (C=O) groups is 1. The second-order valence-corrected chi connectivity index (χ2v) is 5.26. The van der Waals surface area contributed by atoms with Gasteiger partial charge < -0.3 is 11.1 Å². The minimum Gasteiger partial charge on any atom is -0.350 e. The summed E-state index contributed by atoms with van der Waals surface area (Å²) in [6.45, 7) is 6.54. The SMILES string of the molecule is CC(N)C(=O)NC1CCc2nc(C(C)C)nn2C1.Cl. The minimum absolute atomic E-state index is 0. The number of aromatic nitrogens is 3. The summed E-state index contributed by atoms with van der Waals surface area (Å²) in [5, 5.41) is 7.42. The Balaban J connectivity index is 0.00000180. The highest BCUT2D eigenvalue weighted by Crippen LogP contribution is 2.16. The lowest BCUT2D eigenvalue weighted by molar-refractivity contribution is -0.122. The summed E-state index contributed by atoms with van der Waals surface area (Å²) in [5.41, 5.74) is 5.54. The maximum absolute atomic E-state index is 11.6. The van der Waals surface area contributed by atoms with E-state index in [1.54, 1.807) is 6.92 Å². The van der Waals surface area contributed by atoms with Crippen molar-refractivity contribution in [3.8, 4) is 0 Å². The highest BCUT2D eigenvalue weighted by molar-refractivity contribution is 5.85. The number of nitrogens with two attached hydrogens (primary N) is 1. The molecule has 1 aliphatic heterocycles. The van der Waals surface area contributed by atoms with E-state index in [4.69, 9.17) is 5.73 Å². The van der Waals surface area contributed by atoms with Gasteiger partial charge in [-0.2, -0.15) is 5.10 Å². The zero-order valence-electron chi connectivity index (χ0n) is 11.6. The average Bonchev–Trinajstić information content (AvgIpc) is 2.71. The Bertz CT molecular complexity index is 443. The Morgan fingerprint density at radius 2 is 2.16 bits per heavy atom. The molecule has 2 rings (SSSR count). The number of rotatable bonds is 3. The third-order valence-corrected chi connectivity index (χ3v) is 3.15. The number of halogens is 1. The van der Waals surface area contributed by atoms with E-state index in [2.05, 4.69) is 29.2 Å². The third kappa shape index (κ3) is 3.67. The summed E-state index contributed by atoms with van der Waals surface area (Å²) in [5.74, 6) is 2.13. The van der Waals surface area contributed by atoms with Crippen LogP contribution in [0.5, 0.6) is 0 Å². The van der Waals surface area contributed by atoms with Crippen LogP contribution < -0.4 is 11.1 Å². The fraction of sp³-hybridized carbons (Fsp3) is 0.750. The fourth-order valence-corrected chi connectivity index (χ4v) is 2.02. The van der Waals surface area contributed by atoms with E-state index < -0.39 is 6.04 Å². The van der Waals surface area contributed by atoms with Gasteiger partial charge in [-0.05, 0) is 13.3 Å². The van der Waals surface area contributed by atoms with Crippen LogP contribution in [-0.4, -0.2) is 32.8 Å². The largest absolute Gasteiger partial charge is 0.350 e. The molecule has 0 saturated carbocycles. The molecule has 108 valence electrons. The molecule has 7 heteroatoms. The van der Waals surface area contributed by atoms with Gasteiger partial charge in [0.2, 0.25) is 5.91 Å². The topological polar surface area (TPSA) is 85.8 Å². The van der Waals surface area contributed by atoms with Crippen molar-refractivity contribution in [1.82, 2.24) is 20.1 Å². The van der Waals surface area contributed by atoms with E-state index >= 15 is 0 Å². The number of amides is 1. The first-order chi connectivity index (χ1) is 8.47. The number of hydrogen-bond acceptors (Lipinski definition) is 4. The van der Waals surface area contributed by atoms with Gasteiger partial charge in [-0.25, -0.2) is 9.67 Å². The third-order valence-electron chi connectivity index (χ3n) is 3.15. The maximum atomic E-state index is 11.6. The smallest absolute Gasteiger partial charge is 0.236 e. The molecule has 1 aliphatic rings. The Kier molecular flexibility index (Phi) is 5.31. The Hall–Kier alpha value is -1.14. The van der Waals surface area contributed by atoms with Gasteiger partial charge in [0.05, 0.1) is 12.6 Å². The van der Waals surface area contributed by atoms with E-state index in [1.807, 2.05) is 4.68 Å². The lowest BCUT2D eigenvalue weighted by atomic mass is 10.1. The molecule has 0 aromatic carbocycles. The quantitative estimate of drug-likeness (QED) is 0.852. The Morgan fingerprint density at radius 1 is 1.47 bits per heavy atom. The second kappa shape index (κ2) is 6.34. The van der Waals surface area contributed by atoms with Crippen molar-refractivity contribution in [2.45, 2.75) is 58.2 Å². The van der Waals surface area contributed by atoms with Crippen LogP contribution in [0.15, 0.2) is 0 Å². The first-order valence-electron chi connectivity index (χ1n) is 6.47. The number of nitrogens with zero attached hydrogens (tertiary/aromatic N) is 3. The van der Waals surface area contributed by atoms with E-state index in [0.717, 1.165) is 24.5 Å². The van der Waals surface area contributed by atoms with Crippen LogP contribution in [0.2, 0.25) is 0 Å². The van der Waals surface area contributed by atoms with Crippen LogP contribution in [0.1, 0.15) is 44.8 Å². The molecular formula is C12H22ClN5O. The van der Waals surface area contributed by atoms with Gasteiger partial charge in [0, 0.05) is 18.4 Å². The monoisotopic (exact) mass is 287 g/mol. The molecule has 0 aliphatic carbocycles. The number of fused-ring (bicyclic) bond motifs is 1. The summed E-state index contributed by atoms with van der Waals surface area (Å²) in [7, 11) is 0. The van der Waals surface area contributed by atoms with E-state index in [1.165, 1.54) is 0 Å². The van der Waals surface area contributed by atoms with Crippen molar-refractivity contribution in [2.75, 3.05) is 0 Å². The highest BCUT2D eigenvalue weighted by atomic mass is 35.5. The zero-order chi connectivity index (χ0) is 13.3. The molecule has 19 heavy (non-hydrogen) atoms. The van der Waals surface area contributed by atoms with Gasteiger partial charge >= 0.3 is 0 Å². The Labute approximate surface area is 119 Å². The van der Waals surface area contributed by atoms with Crippen LogP contribution in [0.4, 0.5) is 0 Å². The molecule has 3 N–H and O–H groups in total. The second-order valence-electron chi connectivity index (χ2n) is 5.26. The molecule has 2 unspecified atom stereocenters. The van der Waals surface area contributed by atoms with Crippen molar-refractivity contribution in [1.29, 1.82) is 0 Å². The lowest BCUT2D eigenvalue weighted by Gasteiger charge is -2.24. The number of nitrogens with one attached hydrogen (secondary N) is 1. The molecule has 0 spiro atoms. The molecule has 1 aromatic heterocycles. The molecule has 0 fully saturated rings. The summed E-state index contributed by atoms with van der Waals surface area (Å²) >= 11 is 0. The molecule has 1 amide bonds. The number of aryl methyl sites for hydroxylation is 1. The first-order valence-corrected chi connectivity index (χ1v) is 6.47. The van der Waals surface area contributed by atoms with Crippen molar-refractivity contribution in [3.63, 3.8) is 0 Å². The van der Waals surface area contributed by atoms with Gasteiger partial charge in [-0.3, -0.25) is 4.79 Å². The van der Waals surface area contributed by atoms with Crippen molar-refractivity contribution >= 4 is 18.3 Å². The predicted molar refractivity (Wildman–Crippen MR) is 75.3 cm³/mol. The molecule has 0 radical (unpaired) electrons. The van der Waals surface area contributed by atoms with Crippen LogP contribution in [0, 0.1) is 0 Å². The fourth-order valence-electron chi connectivity index (χ4n) is 2.02. The van der Waals surface area contributed by atoms with Crippen molar-refractivity contribution < 1.29 is 4.79 Å². The van der Waals surface area contributed by atoms with Crippen molar-refractivity contribution in [3.05, 3.63) is 11.6 Å². The van der Waals surface area contributed by atoms with Crippen LogP contribution in [0.25, 0.3) is 0 Å². The molecule has 1 aromatic rings. The Morgan fingerprint density at radius 3 is 2.74 bits per heavy atom. The molecule has 6 nitrogen and oxygen atoms in total. The predicted octanol–water partition coefficient (Wildman–Crippen LogP) is 0.601. The normalized spacial score (nSPS) is 19.5. The van der Waals surface area contributed by atoms with E-state index in [0.29, 0.717) is 12.5 Å². The summed E-state index contributed by atoms with van der Waals surface area (Å²) in [4.78, 5) is 16.1. The van der Waals surface area contributed by atoms with E-state index in [-0.39, 0.29) is 24.4 Å². The average molecular weight is 288 g/mol. The van der Waals surface area contributed by atoms with E-state index in [9.17, 15) is 4.79 Å². The lowest BCUT2D eigenvalue weighted by Crippen LogP contribution is -2.47. The standard InChI is InChI=1S/C12H21N5O.ClH/c1-7(2)11-15-10-5-4-9(6-17(10)16-11)14-12(18)8(3)13;/h7-9H,4-6,13H2,1-3H3,(H,14,18);1H. The minimum atomic E-state index is -0.464. The molecule has 2 heterocycles. The van der Waals surface area contributed by atoms with Gasteiger partial charge in [-0.1, -0.05) is 13.8 Å². The van der Waals surface area contributed by atoms with Gasteiger partial charge in [0.25, 0.3) is 0 Å². The van der Waals surface area contributed by atoms with Gasteiger partial charge in [0.15, 0.2) is 5.82 Å². The maximum Gasteiger partial charge on any atom is 0.236 e. The van der Waals surface area contributed by atoms with Gasteiger partial charge in [0.1, 0.15) is 5.82 Å². The zero-order valence-corrected chi connectivity index (χ0v) is 12.4. The summed E-state index contributed by atoms with van der Waals surface area (Å²) < 4.78 is 1.91. The molecular weight excluding hydrogens is 266 g/mol. The summed E-state index contributed by atoms with van der Waals surface area (Å²) in [6.07, 6.45) is 1.75. The van der Waals surface area contributed by atoms with Crippen LogP contribution >= 0.6 is 12.4 Å². The van der Waals surface area contributed by atoms with Crippen molar-refractivity contribution in [2.24, 2.45) is 5.73 Å². The van der Waals surface area contributed by atoms with Crippen LogP contribution in [0.3, 0.4) is 0 Å². The van der Waals surface area contributed by atoms with Crippen LogP contribution in [-0.2, 0) is 17.8 Å². The van der Waals surface area contributed by atoms with Gasteiger partial charge in [-0.15, -0.1) is 12.4 Å². The number of carbonyl (C=O) groups excluding carboxylic acids is 1.